The van der Waals surface area contributed by atoms with Crippen LogP contribution in [0.5, 0.6) is 0 Å². The van der Waals surface area contributed by atoms with Crippen LogP contribution in [0.2, 0.25) is 0 Å². The minimum atomic E-state index is 0.847. The van der Waals surface area contributed by atoms with E-state index in [9.17, 15) is 0 Å². The molecule has 2 aliphatic rings. The molecule has 0 aromatic carbocycles. The Labute approximate surface area is 77.7 Å². The van der Waals surface area contributed by atoms with E-state index in [1.807, 2.05) is 0 Å². The second kappa shape index (κ2) is 4.11. The largest absolute Gasteiger partial charge is 0.356 e. The molecule has 5 nitrogen and oxygen atoms in total. The van der Waals surface area contributed by atoms with Gasteiger partial charge in [0.15, 0.2) is 11.9 Å². The fraction of sp³-hybridized carbons (Fsp3) is 0.750. The van der Waals surface area contributed by atoms with Gasteiger partial charge in [0.1, 0.15) is 0 Å². The summed E-state index contributed by atoms with van der Waals surface area (Å²) in [5.41, 5.74) is 0. The summed E-state index contributed by atoms with van der Waals surface area (Å²) in [4.78, 5) is 8.59. The van der Waals surface area contributed by atoms with Gasteiger partial charge in [0.2, 0.25) is 0 Å². The Hall–Kier alpha value is -1.26. The molecule has 3 N–H and O–H groups in total. The van der Waals surface area contributed by atoms with Gasteiger partial charge < -0.3 is 10.6 Å². The molecule has 0 aromatic heterocycles. The van der Waals surface area contributed by atoms with Gasteiger partial charge in [-0.25, -0.2) is 0 Å². The summed E-state index contributed by atoms with van der Waals surface area (Å²) < 4.78 is 0. The van der Waals surface area contributed by atoms with Crippen molar-refractivity contribution in [2.45, 2.75) is 12.8 Å². The molecule has 5 heteroatoms. The fourth-order valence-corrected chi connectivity index (χ4v) is 1.34. The highest BCUT2D eigenvalue weighted by molar-refractivity contribution is 5.98. The first-order valence-electron chi connectivity index (χ1n) is 4.79. The maximum atomic E-state index is 4.30. The van der Waals surface area contributed by atoms with E-state index in [0.29, 0.717) is 0 Å². The van der Waals surface area contributed by atoms with Gasteiger partial charge >= 0.3 is 0 Å². The zero-order valence-corrected chi connectivity index (χ0v) is 7.64. The van der Waals surface area contributed by atoms with Crippen LogP contribution in [-0.2, 0) is 0 Å². The van der Waals surface area contributed by atoms with Crippen LogP contribution in [0.3, 0.4) is 0 Å². The normalized spacial score (nSPS) is 22.2. The third kappa shape index (κ3) is 2.34. The lowest BCUT2D eigenvalue weighted by molar-refractivity contribution is 0.703. The predicted molar refractivity (Wildman–Crippen MR) is 53.0 cm³/mol. The van der Waals surface area contributed by atoms with E-state index in [1.54, 1.807) is 0 Å². The first-order valence-corrected chi connectivity index (χ1v) is 4.79. The quantitative estimate of drug-likeness (QED) is 0.462. The molecule has 0 saturated heterocycles. The van der Waals surface area contributed by atoms with E-state index in [2.05, 4.69) is 25.9 Å². The lowest BCUT2D eigenvalue weighted by atomic mass is 10.4. The van der Waals surface area contributed by atoms with Gasteiger partial charge in [0.25, 0.3) is 0 Å². The van der Waals surface area contributed by atoms with Crippen LogP contribution in [0.25, 0.3) is 0 Å². The van der Waals surface area contributed by atoms with Crippen molar-refractivity contribution in [3.63, 3.8) is 0 Å². The molecular formula is C8H15N5. The van der Waals surface area contributed by atoms with Gasteiger partial charge in [-0.2, -0.15) is 0 Å². The molecule has 0 radical (unpaired) electrons. The van der Waals surface area contributed by atoms with Gasteiger partial charge in [-0.3, -0.25) is 15.3 Å². The Kier molecular flexibility index (Phi) is 2.64. The highest BCUT2D eigenvalue weighted by Gasteiger charge is 2.08. The zero-order valence-electron chi connectivity index (χ0n) is 7.64. The smallest absolute Gasteiger partial charge is 0.198 e. The third-order valence-corrected chi connectivity index (χ3v) is 2.03. The summed E-state index contributed by atoms with van der Waals surface area (Å²) in [5, 5.41) is 9.50. The number of hydrogen-bond donors (Lipinski definition) is 3. The summed E-state index contributed by atoms with van der Waals surface area (Å²) in [6.07, 6.45) is 2.23. The molecule has 0 aromatic rings. The van der Waals surface area contributed by atoms with Crippen LogP contribution >= 0.6 is 0 Å². The molecule has 72 valence electrons. The Bertz CT molecular complexity index is 209. The maximum Gasteiger partial charge on any atom is 0.198 e. The van der Waals surface area contributed by atoms with Crippen LogP contribution in [-0.4, -0.2) is 38.1 Å². The van der Waals surface area contributed by atoms with E-state index >= 15 is 0 Å². The number of nitrogens with one attached hydrogen (secondary N) is 3. The highest BCUT2D eigenvalue weighted by atomic mass is 15.3. The summed E-state index contributed by atoms with van der Waals surface area (Å²) in [7, 11) is 0. The summed E-state index contributed by atoms with van der Waals surface area (Å²) in [6.45, 7) is 3.81. The molecule has 2 aliphatic heterocycles. The molecule has 0 amide bonds. The molecule has 0 saturated carbocycles. The molecule has 2 heterocycles. The van der Waals surface area contributed by atoms with Crippen molar-refractivity contribution in [3.8, 4) is 0 Å². The summed E-state index contributed by atoms with van der Waals surface area (Å²) in [5.74, 6) is 1.69. The van der Waals surface area contributed by atoms with E-state index in [0.717, 1.165) is 50.9 Å². The first kappa shape index (κ1) is 8.34. The zero-order chi connectivity index (χ0) is 8.93. The van der Waals surface area contributed by atoms with Crippen molar-refractivity contribution in [1.82, 2.24) is 16.0 Å². The van der Waals surface area contributed by atoms with Crippen LogP contribution in [0, 0.1) is 0 Å². The van der Waals surface area contributed by atoms with E-state index in [-0.39, 0.29) is 0 Å². The topological polar surface area (TPSA) is 60.8 Å². The lowest BCUT2D eigenvalue weighted by Gasteiger charge is -2.19. The average molecular weight is 181 g/mol. The number of rotatable bonds is 0. The van der Waals surface area contributed by atoms with Gasteiger partial charge in [-0.15, -0.1) is 0 Å². The van der Waals surface area contributed by atoms with Crippen LogP contribution < -0.4 is 16.0 Å². The van der Waals surface area contributed by atoms with Crippen molar-refractivity contribution in [2.75, 3.05) is 26.2 Å². The second-order valence-electron chi connectivity index (χ2n) is 3.15. The Morgan fingerprint density at radius 1 is 0.923 bits per heavy atom. The van der Waals surface area contributed by atoms with Gasteiger partial charge in [0.05, 0.1) is 0 Å². The SMILES string of the molecule is C1CN=C(NC2=NCCCN2)NC1. The Morgan fingerprint density at radius 3 is 1.85 bits per heavy atom. The molecule has 0 unspecified atom stereocenters. The third-order valence-electron chi connectivity index (χ3n) is 2.03. The van der Waals surface area contributed by atoms with Crippen molar-refractivity contribution in [3.05, 3.63) is 0 Å². The van der Waals surface area contributed by atoms with E-state index < -0.39 is 0 Å². The Morgan fingerprint density at radius 2 is 1.46 bits per heavy atom. The number of hydrogen-bond acceptors (Lipinski definition) is 5. The van der Waals surface area contributed by atoms with E-state index in [4.69, 9.17) is 0 Å². The second-order valence-corrected chi connectivity index (χ2v) is 3.15. The summed E-state index contributed by atoms with van der Waals surface area (Å²) in [6, 6.07) is 0. The lowest BCUT2D eigenvalue weighted by Crippen LogP contribution is -2.50. The predicted octanol–water partition coefficient (Wildman–Crippen LogP) is -0.725. The van der Waals surface area contributed by atoms with Crippen molar-refractivity contribution >= 4 is 11.9 Å². The molecule has 0 aliphatic carbocycles. The summed E-state index contributed by atoms with van der Waals surface area (Å²) >= 11 is 0. The van der Waals surface area contributed by atoms with Gasteiger partial charge in [-0.05, 0) is 12.8 Å². The standard InChI is InChI=1S/C8H15N5/c1-3-9-7(10-4-1)13-8-11-5-2-6-12-8/h1-6H2,(H3,9,10,11,12,13). The van der Waals surface area contributed by atoms with Gasteiger partial charge in [0, 0.05) is 26.2 Å². The van der Waals surface area contributed by atoms with Crippen LogP contribution in [0.4, 0.5) is 0 Å². The minimum absolute atomic E-state index is 0.847. The van der Waals surface area contributed by atoms with Crippen LogP contribution in [0.15, 0.2) is 9.98 Å². The van der Waals surface area contributed by atoms with Crippen LogP contribution in [0.1, 0.15) is 12.8 Å². The molecule has 0 bridgehead atoms. The number of aliphatic imine (C=N–C) groups is 2. The fourth-order valence-electron chi connectivity index (χ4n) is 1.34. The molecule has 13 heavy (non-hydrogen) atoms. The number of guanidine groups is 2. The van der Waals surface area contributed by atoms with Crippen molar-refractivity contribution in [1.29, 1.82) is 0 Å². The highest BCUT2D eigenvalue weighted by Crippen LogP contribution is 1.90. The molecule has 0 atom stereocenters. The van der Waals surface area contributed by atoms with Gasteiger partial charge in [-0.1, -0.05) is 0 Å². The minimum Gasteiger partial charge on any atom is -0.356 e. The van der Waals surface area contributed by atoms with Crippen molar-refractivity contribution in [2.24, 2.45) is 9.98 Å². The maximum absolute atomic E-state index is 4.30. The molecule has 0 spiro atoms. The number of nitrogens with zero attached hydrogens (tertiary/aromatic N) is 2. The van der Waals surface area contributed by atoms with Crippen molar-refractivity contribution < 1.29 is 0 Å². The molecule has 2 rings (SSSR count). The molecular weight excluding hydrogens is 166 g/mol. The monoisotopic (exact) mass is 181 g/mol. The van der Waals surface area contributed by atoms with E-state index in [1.165, 1.54) is 0 Å². The Balaban J connectivity index is 1.88. The molecule has 0 fully saturated rings. The average Bonchev–Trinajstić information content (AvgIpc) is 2.21. The first-order chi connectivity index (χ1) is 6.45.